The molecule has 6 nitrogen and oxygen atoms in total. The maximum absolute atomic E-state index is 5.80. The van der Waals surface area contributed by atoms with Gasteiger partial charge in [0.15, 0.2) is 10.6 Å². The average molecular weight is 301 g/mol. The van der Waals surface area contributed by atoms with Crippen LogP contribution in [0.25, 0.3) is 10.3 Å². The summed E-state index contributed by atoms with van der Waals surface area (Å²) in [5.41, 5.74) is 8.44. The van der Waals surface area contributed by atoms with Crippen molar-refractivity contribution in [3.63, 3.8) is 0 Å². The van der Waals surface area contributed by atoms with E-state index in [0.29, 0.717) is 18.0 Å². The van der Waals surface area contributed by atoms with Gasteiger partial charge in [-0.05, 0) is 13.8 Å². The van der Waals surface area contributed by atoms with Crippen LogP contribution in [0.2, 0.25) is 0 Å². The molecule has 2 aromatic rings. The number of nitrogens with zero attached hydrogens (tertiary/aromatic N) is 4. The summed E-state index contributed by atoms with van der Waals surface area (Å²) in [6.45, 7) is 6.25. The maximum Gasteiger partial charge on any atom is 0.223 e. The van der Waals surface area contributed by atoms with Crippen molar-refractivity contribution in [2.45, 2.75) is 25.9 Å². The van der Waals surface area contributed by atoms with Crippen molar-refractivity contribution in [3.8, 4) is 0 Å². The van der Waals surface area contributed by atoms with E-state index < -0.39 is 0 Å². The zero-order chi connectivity index (χ0) is 12.7. The second kappa shape index (κ2) is 5.44. The molecule has 3 N–H and O–H groups in total. The van der Waals surface area contributed by atoms with Crippen molar-refractivity contribution in [1.29, 1.82) is 0 Å². The van der Waals surface area contributed by atoms with E-state index in [2.05, 4.69) is 39.0 Å². The van der Waals surface area contributed by atoms with Crippen LogP contribution in [0.4, 0.5) is 11.8 Å². The highest BCUT2D eigenvalue weighted by atomic mass is 35.5. The first-order valence-corrected chi connectivity index (χ1v) is 6.90. The summed E-state index contributed by atoms with van der Waals surface area (Å²) in [5.74, 6) is 1.18. The number of hydrogen-bond donors (Lipinski definition) is 2. The lowest BCUT2D eigenvalue weighted by Gasteiger charge is -2.40. The molecule has 1 aliphatic rings. The SMILES string of the molecule is C[C@@H]1CNC[C@H](C)N1c1nc(N)nc2scnc12.Cl. The smallest absolute Gasteiger partial charge is 0.223 e. The topological polar surface area (TPSA) is 80.0 Å². The van der Waals surface area contributed by atoms with Crippen LogP contribution < -0.4 is 16.0 Å². The molecule has 1 aliphatic heterocycles. The fourth-order valence-corrected chi connectivity index (χ4v) is 3.15. The van der Waals surface area contributed by atoms with Gasteiger partial charge in [-0.15, -0.1) is 23.7 Å². The van der Waals surface area contributed by atoms with Crippen LogP contribution in [0.15, 0.2) is 5.51 Å². The van der Waals surface area contributed by atoms with Crippen LogP contribution >= 0.6 is 23.7 Å². The Labute approximate surface area is 121 Å². The lowest BCUT2D eigenvalue weighted by molar-refractivity contribution is 0.430. The third kappa shape index (κ3) is 2.45. The Balaban J connectivity index is 0.00000133. The number of aromatic nitrogens is 3. The standard InChI is InChI=1S/C11H16N6S.ClH/c1-6-3-13-4-7(2)17(6)9-8-10(18-5-14-8)16-11(12)15-9;/h5-7,13H,3-4H2,1-2H3,(H2,12,15,16);1H/t6-,7+;. The second-order valence-corrected chi connectivity index (χ2v) is 5.51. The Hall–Kier alpha value is -1.18. The number of nitrogen functional groups attached to an aromatic ring is 1. The molecule has 3 rings (SSSR count). The van der Waals surface area contributed by atoms with E-state index in [9.17, 15) is 0 Å². The van der Waals surface area contributed by atoms with Gasteiger partial charge in [-0.25, -0.2) is 9.97 Å². The highest BCUT2D eigenvalue weighted by Gasteiger charge is 2.28. The molecule has 104 valence electrons. The predicted octanol–water partition coefficient (Wildman–Crippen LogP) is 1.28. The van der Waals surface area contributed by atoms with Gasteiger partial charge in [0.05, 0.1) is 5.51 Å². The number of thiazole rings is 1. The lowest BCUT2D eigenvalue weighted by Crippen LogP contribution is -2.55. The summed E-state index contributed by atoms with van der Waals surface area (Å²) in [7, 11) is 0. The van der Waals surface area contributed by atoms with Gasteiger partial charge in [-0.3, -0.25) is 0 Å². The Morgan fingerprint density at radius 1 is 1.32 bits per heavy atom. The molecule has 3 heterocycles. The molecular formula is C11H17ClN6S. The van der Waals surface area contributed by atoms with Gasteiger partial charge in [0.25, 0.3) is 0 Å². The van der Waals surface area contributed by atoms with Gasteiger partial charge >= 0.3 is 0 Å². The predicted molar refractivity (Wildman–Crippen MR) is 81.1 cm³/mol. The van der Waals surface area contributed by atoms with E-state index in [1.54, 1.807) is 5.51 Å². The minimum atomic E-state index is 0. The minimum Gasteiger partial charge on any atom is -0.368 e. The fourth-order valence-electron chi connectivity index (χ4n) is 2.49. The Morgan fingerprint density at radius 3 is 2.68 bits per heavy atom. The number of nitrogens with one attached hydrogen (secondary N) is 1. The summed E-state index contributed by atoms with van der Waals surface area (Å²) < 4.78 is 0. The normalized spacial score (nSPS) is 23.4. The molecule has 0 aromatic carbocycles. The second-order valence-electron chi connectivity index (χ2n) is 4.68. The quantitative estimate of drug-likeness (QED) is 0.826. The number of halogens is 1. The zero-order valence-electron chi connectivity index (χ0n) is 10.8. The van der Waals surface area contributed by atoms with Gasteiger partial charge in [0.2, 0.25) is 5.95 Å². The molecule has 0 spiro atoms. The van der Waals surface area contributed by atoms with Crippen LogP contribution in [0.3, 0.4) is 0 Å². The molecule has 0 saturated carbocycles. The highest BCUT2D eigenvalue weighted by Crippen LogP contribution is 2.29. The lowest BCUT2D eigenvalue weighted by atomic mass is 10.1. The number of hydrogen-bond acceptors (Lipinski definition) is 7. The highest BCUT2D eigenvalue weighted by molar-refractivity contribution is 7.16. The van der Waals surface area contributed by atoms with Crippen LogP contribution in [0.5, 0.6) is 0 Å². The van der Waals surface area contributed by atoms with Gasteiger partial charge in [-0.1, -0.05) is 0 Å². The Kier molecular flexibility index (Phi) is 4.07. The third-order valence-corrected chi connectivity index (χ3v) is 3.99. The minimum absolute atomic E-state index is 0. The van der Waals surface area contributed by atoms with E-state index in [-0.39, 0.29) is 12.4 Å². The Morgan fingerprint density at radius 2 is 2.00 bits per heavy atom. The van der Waals surface area contributed by atoms with Crippen molar-refractivity contribution in [2.75, 3.05) is 23.7 Å². The van der Waals surface area contributed by atoms with E-state index in [4.69, 9.17) is 5.73 Å². The fraction of sp³-hybridized carbons (Fsp3) is 0.545. The molecule has 0 amide bonds. The van der Waals surface area contributed by atoms with Gasteiger partial charge in [0, 0.05) is 25.2 Å². The molecular weight excluding hydrogens is 284 g/mol. The number of anilines is 2. The summed E-state index contributed by atoms with van der Waals surface area (Å²) in [4.78, 5) is 16.2. The number of fused-ring (bicyclic) bond motifs is 1. The van der Waals surface area contributed by atoms with Crippen molar-refractivity contribution < 1.29 is 0 Å². The van der Waals surface area contributed by atoms with Gasteiger partial charge in [0.1, 0.15) is 5.52 Å². The van der Waals surface area contributed by atoms with Gasteiger partial charge in [-0.2, -0.15) is 4.98 Å². The molecule has 19 heavy (non-hydrogen) atoms. The van der Waals surface area contributed by atoms with Gasteiger partial charge < -0.3 is 16.0 Å². The van der Waals surface area contributed by atoms with Crippen LogP contribution in [-0.4, -0.2) is 40.1 Å². The molecule has 1 saturated heterocycles. The first-order valence-electron chi connectivity index (χ1n) is 6.02. The summed E-state index contributed by atoms with van der Waals surface area (Å²) in [6, 6.07) is 0.737. The average Bonchev–Trinajstić information content (AvgIpc) is 2.76. The zero-order valence-corrected chi connectivity index (χ0v) is 12.5. The van der Waals surface area contributed by atoms with Crippen molar-refractivity contribution in [1.82, 2.24) is 20.3 Å². The Bertz CT molecular complexity index is 563. The molecule has 2 atom stereocenters. The molecule has 0 radical (unpaired) electrons. The molecule has 1 fully saturated rings. The molecule has 0 aliphatic carbocycles. The third-order valence-electron chi connectivity index (χ3n) is 3.27. The molecule has 0 unspecified atom stereocenters. The van der Waals surface area contributed by atoms with E-state index in [0.717, 1.165) is 29.3 Å². The van der Waals surface area contributed by atoms with Crippen LogP contribution in [0.1, 0.15) is 13.8 Å². The van der Waals surface area contributed by atoms with E-state index in [1.807, 2.05) is 0 Å². The summed E-state index contributed by atoms with van der Waals surface area (Å²) in [5, 5.41) is 3.41. The molecule has 0 bridgehead atoms. The molecule has 2 aromatic heterocycles. The van der Waals surface area contributed by atoms with Crippen LogP contribution in [-0.2, 0) is 0 Å². The monoisotopic (exact) mass is 300 g/mol. The number of piperazine rings is 1. The first kappa shape index (κ1) is 14.2. The molecule has 8 heteroatoms. The number of rotatable bonds is 1. The van der Waals surface area contributed by atoms with Crippen molar-refractivity contribution >= 4 is 45.9 Å². The van der Waals surface area contributed by atoms with Crippen LogP contribution in [0, 0.1) is 0 Å². The van der Waals surface area contributed by atoms with Crippen molar-refractivity contribution in [2.24, 2.45) is 0 Å². The first-order chi connectivity index (χ1) is 8.66. The maximum atomic E-state index is 5.80. The van der Waals surface area contributed by atoms with E-state index in [1.165, 1.54) is 11.3 Å². The summed E-state index contributed by atoms with van der Waals surface area (Å²) >= 11 is 1.50. The summed E-state index contributed by atoms with van der Waals surface area (Å²) in [6.07, 6.45) is 0. The largest absolute Gasteiger partial charge is 0.368 e. The van der Waals surface area contributed by atoms with Crippen molar-refractivity contribution in [3.05, 3.63) is 5.51 Å². The van der Waals surface area contributed by atoms with E-state index >= 15 is 0 Å². The number of nitrogens with two attached hydrogens (primary N) is 1.